The zero-order chi connectivity index (χ0) is 15.8. The van der Waals surface area contributed by atoms with Crippen molar-refractivity contribution in [1.82, 2.24) is 0 Å². The van der Waals surface area contributed by atoms with E-state index in [1.807, 2.05) is 20.8 Å². The average molecular weight is 376 g/mol. The first-order valence-electron chi connectivity index (χ1n) is 6.89. The van der Waals surface area contributed by atoms with Gasteiger partial charge in [0.15, 0.2) is 0 Å². The van der Waals surface area contributed by atoms with Gasteiger partial charge in [-0.1, -0.05) is 25.4 Å². The van der Waals surface area contributed by atoms with Crippen molar-refractivity contribution in [3.05, 3.63) is 27.7 Å². The fraction of sp³-hybridized carbons (Fsp3) is 0.533. The van der Waals surface area contributed by atoms with Gasteiger partial charge in [0.25, 0.3) is 0 Å². The Kier molecular flexibility index (Phi) is 4.69. The third-order valence-electron chi connectivity index (χ3n) is 4.41. The maximum absolute atomic E-state index is 12.6. The van der Waals surface area contributed by atoms with Crippen molar-refractivity contribution in [2.24, 2.45) is 11.1 Å². The Morgan fingerprint density at radius 1 is 1.57 bits per heavy atom. The van der Waals surface area contributed by atoms with Gasteiger partial charge in [0.2, 0.25) is 5.91 Å². The van der Waals surface area contributed by atoms with Gasteiger partial charge in [0.1, 0.15) is 5.54 Å². The van der Waals surface area contributed by atoms with E-state index in [9.17, 15) is 4.79 Å². The van der Waals surface area contributed by atoms with Gasteiger partial charge in [-0.2, -0.15) is 0 Å². The molecule has 4 nitrogen and oxygen atoms in total. The number of rotatable bonds is 4. The molecule has 0 aliphatic heterocycles. The Morgan fingerprint density at radius 3 is 2.76 bits per heavy atom. The second kappa shape index (κ2) is 5.88. The average Bonchev–Trinajstić information content (AvgIpc) is 2.41. The molecule has 0 saturated heterocycles. The van der Waals surface area contributed by atoms with Crippen LogP contribution in [0.5, 0.6) is 0 Å². The topological polar surface area (TPSA) is 64.3 Å². The van der Waals surface area contributed by atoms with E-state index in [1.54, 1.807) is 18.2 Å². The number of carbonyl (C=O) groups is 1. The SMILES string of the molecule is CCOC1CC(N)(C(=O)Nc2ccc(Cl)cc2Br)C1(C)C. The number of nitrogens with one attached hydrogen (secondary N) is 1. The molecule has 0 spiro atoms. The van der Waals surface area contributed by atoms with E-state index in [0.717, 1.165) is 4.47 Å². The molecule has 1 fully saturated rings. The van der Waals surface area contributed by atoms with Gasteiger partial charge in [0, 0.05) is 27.9 Å². The third kappa shape index (κ3) is 2.84. The number of hydrogen-bond acceptors (Lipinski definition) is 3. The molecule has 2 unspecified atom stereocenters. The molecule has 0 aromatic heterocycles. The number of carbonyl (C=O) groups excluding carboxylic acids is 1. The van der Waals surface area contributed by atoms with Crippen LogP contribution in [0.1, 0.15) is 27.2 Å². The monoisotopic (exact) mass is 374 g/mol. The van der Waals surface area contributed by atoms with Crippen molar-refractivity contribution in [3.63, 3.8) is 0 Å². The van der Waals surface area contributed by atoms with Gasteiger partial charge in [0.05, 0.1) is 11.8 Å². The van der Waals surface area contributed by atoms with E-state index in [1.165, 1.54) is 0 Å². The fourth-order valence-electron chi connectivity index (χ4n) is 2.65. The Bertz CT molecular complexity index is 565. The van der Waals surface area contributed by atoms with Crippen LogP contribution < -0.4 is 11.1 Å². The summed E-state index contributed by atoms with van der Waals surface area (Å²) in [5, 5.41) is 3.47. The highest BCUT2D eigenvalue weighted by molar-refractivity contribution is 9.10. The van der Waals surface area contributed by atoms with Gasteiger partial charge in [-0.15, -0.1) is 0 Å². The van der Waals surface area contributed by atoms with E-state index >= 15 is 0 Å². The maximum atomic E-state index is 12.6. The lowest BCUT2D eigenvalue weighted by atomic mass is 9.54. The molecule has 1 amide bonds. The van der Waals surface area contributed by atoms with Crippen molar-refractivity contribution in [3.8, 4) is 0 Å². The van der Waals surface area contributed by atoms with Crippen LogP contribution in [-0.2, 0) is 9.53 Å². The molecular weight excluding hydrogens is 356 g/mol. The summed E-state index contributed by atoms with van der Waals surface area (Å²) in [5.41, 5.74) is 5.65. The number of anilines is 1. The number of ether oxygens (including phenoxy) is 1. The predicted molar refractivity (Wildman–Crippen MR) is 88.5 cm³/mol. The standard InChI is InChI=1S/C15H20BrClN2O2/c1-4-21-12-8-15(18,14(12,2)3)13(20)19-11-6-5-9(17)7-10(11)16/h5-7,12H,4,8,18H2,1-3H3,(H,19,20). The molecule has 1 aliphatic rings. The summed E-state index contributed by atoms with van der Waals surface area (Å²) in [6.07, 6.45) is 0.525. The largest absolute Gasteiger partial charge is 0.378 e. The summed E-state index contributed by atoms with van der Waals surface area (Å²) in [5.74, 6) is -0.202. The van der Waals surface area contributed by atoms with Crippen LogP contribution in [0.3, 0.4) is 0 Å². The van der Waals surface area contributed by atoms with Crippen LogP contribution in [0.2, 0.25) is 5.02 Å². The summed E-state index contributed by atoms with van der Waals surface area (Å²) in [4.78, 5) is 12.6. The van der Waals surface area contributed by atoms with Crippen LogP contribution >= 0.6 is 27.5 Å². The first-order chi connectivity index (χ1) is 9.72. The minimum atomic E-state index is -0.939. The molecule has 2 rings (SSSR count). The molecule has 1 aliphatic carbocycles. The highest BCUT2D eigenvalue weighted by Gasteiger charge is 2.62. The van der Waals surface area contributed by atoms with Gasteiger partial charge in [-0.25, -0.2) is 0 Å². The second-order valence-corrected chi connectivity index (χ2v) is 7.21. The first kappa shape index (κ1) is 16.7. The third-order valence-corrected chi connectivity index (χ3v) is 5.31. The molecule has 6 heteroatoms. The lowest BCUT2D eigenvalue weighted by Gasteiger charge is -2.57. The summed E-state index contributed by atoms with van der Waals surface area (Å²) in [6, 6.07) is 5.20. The maximum Gasteiger partial charge on any atom is 0.245 e. The molecule has 0 bridgehead atoms. The molecule has 1 aromatic carbocycles. The minimum absolute atomic E-state index is 0.00640. The zero-order valence-corrected chi connectivity index (χ0v) is 14.7. The Morgan fingerprint density at radius 2 is 2.24 bits per heavy atom. The molecule has 1 saturated carbocycles. The number of halogens is 2. The smallest absolute Gasteiger partial charge is 0.245 e. The molecular formula is C15H20BrClN2O2. The number of amides is 1. The van der Waals surface area contributed by atoms with Crippen LogP contribution in [0.15, 0.2) is 22.7 Å². The Hall–Kier alpha value is -0.620. The Labute approximate surface area is 138 Å². The molecule has 0 heterocycles. The summed E-state index contributed by atoms with van der Waals surface area (Å²) >= 11 is 9.28. The molecule has 1 aromatic rings. The van der Waals surface area contributed by atoms with Crippen molar-refractivity contribution < 1.29 is 9.53 Å². The highest BCUT2D eigenvalue weighted by Crippen LogP contribution is 2.50. The highest BCUT2D eigenvalue weighted by atomic mass is 79.9. The number of hydrogen-bond donors (Lipinski definition) is 2. The van der Waals surface area contributed by atoms with E-state index in [0.29, 0.717) is 23.7 Å². The lowest BCUT2D eigenvalue weighted by Crippen LogP contribution is -2.74. The second-order valence-electron chi connectivity index (χ2n) is 5.92. The molecule has 2 atom stereocenters. The molecule has 0 radical (unpaired) electrons. The van der Waals surface area contributed by atoms with Crippen LogP contribution in [0, 0.1) is 5.41 Å². The van der Waals surface area contributed by atoms with Crippen LogP contribution in [-0.4, -0.2) is 24.2 Å². The quantitative estimate of drug-likeness (QED) is 0.845. The normalized spacial score (nSPS) is 27.0. The van der Waals surface area contributed by atoms with E-state index < -0.39 is 11.0 Å². The zero-order valence-electron chi connectivity index (χ0n) is 12.4. The van der Waals surface area contributed by atoms with Crippen LogP contribution in [0.25, 0.3) is 0 Å². The van der Waals surface area contributed by atoms with Crippen molar-refractivity contribution in [2.45, 2.75) is 38.8 Å². The van der Waals surface area contributed by atoms with E-state index in [2.05, 4.69) is 21.2 Å². The van der Waals surface area contributed by atoms with Crippen molar-refractivity contribution in [1.29, 1.82) is 0 Å². The molecule has 21 heavy (non-hydrogen) atoms. The molecule has 3 N–H and O–H groups in total. The Balaban J connectivity index is 2.14. The summed E-state index contributed by atoms with van der Waals surface area (Å²) < 4.78 is 6.37. The minimum Gasteiger partial charge on any atom is -0.378 e. The number of nitrogens with two attached hydrogens (primary N) is 1. The van der Waals surface area contributed by atoms with Gasteiger partial charge in [-0.05, 0) is 41.1 Å². The summed E-state index contributed by atoms with van der Waals surface area (Å²) in [7, 11) is 0. The van der Waals surface area contributed by atoms with E-state index in [4.69, 9.17) is 22.1 Å². The number of benzene rings is 1. The van der Waals surface area contributed by atoms with Crippen LogP contribution in [0.4, 0.5) is 5.69 Å². The van der Waals surface area contributed by atoms with Gasteiger partial charge >= 0.3 is 0 Å². The lowest BCUT2D eigenvalue weighted by molar-refractivity contribution is -0.166. The first-order valence-corrected chi connectivity index (χ1v) is 8.06. The van der Waals surface area contributed by atoms with Crippen molar-refractivity contribution >= 4 is 39.1 Å². The van der Waals surface area contributed by atoms with Crippen molar-refractivity contribution in [2.75, 3.05) is 11.9 Å². The summed E-state index contributed by atoms with van der Waals surface area (Å²) in [6.45, 7) is 6.49. The fourth-order valence-corrected chi connectivity index (χ4v) is 3.43. The van der Waals surface area contributed by atoms with E-state index in [-0.39, 0.29) is 12.0 Å². The van der Waals surface area contributed by atoms with Gasteiger partial charge in [-0.3, -0.25) is 4.79 Å². The predicted octanol–water partition coefficient (Wildman–Crippen LogP) is 3.57. The van der Waals surface area contributed by atoms with Gasteiger partial charge < -0.3 is 15.8 Å². The molecule has 116 valence electrons.